The zero-order valence-electron chi connectivity index (χ0n) is 11.4. The molecule has 1 N–H and O–H groups in total. The Morgan fingerprint density at radius 2 is 2.00 bits per heavy atom. The molecule has 0 atom stereocenters. The number of oxazole rings is 1. The maximum absolute atomic E-state index is 12.2. The molecule has 1 aromatic carbocycles. The highest BCUT2D eigenvalue weighted by Gasteiger charge is 2.23. The number of carbonyl (C=O) groups is 1. The van der Waals surface area contributed by atoms with Gasteiger partial charge < -0.3 is 9.73 Å². The van der Waals surface area contributed by atoms with Gasteiger partial charge in [0.05, 0.1) is 0 Å². The first-order valence-corrected chi connectivity index (χ1v) is 6.35. The van der Waals surface area contributed by atoms with Gasteiger partial charge in [0, 0.05) is 11.1 Å². The molecule has 0 spiro atoms. The summed E-state index contributed by atoms with van der Waals surface area (Å²) in [6.07, 6.45) is 2.15. The van der Waals surface area contributed by atoms with Gasteiger partial charge in [0.1, 0.15) is 0 Å². The molecule has 2 aromatic rings. The number of hydrogen-bond acceptors (Lipinski definition) is 3. The maximum Gasteiger partial charge on any atom is 0.274 e. The Kier molecular flexibility index (Phi) is 3.69. The first-order valence-electron chi connectivity index (χ1n) is 6.35. The molecule has 100 valence electrons. The smallest absolute Gasteiger partial charge is 0.274 e. The predicted octanol–water partition coefficient (Wildman–Crippen LogP) is 3.26. The van der Waals surface area contributed by atoms with Crippen molar-refractivity contribution in [1.82, 2.24) is 10.3 Å². The third-order valence-electron chi connectivity index (χ3n) is 3.15. The fourth-order valence-corrected chi connectivity index (χ4v) is 1.66. The van der Waals surface area contributed by atoms with E-state index in [-0.39, 0.29) is 11.4 Å². The van der Waals surface area contributed by atoms with Crippen molar-refractivity contribution >= 4 is 5.91 Å². The van der Waals surface area contributed by atoms with E-state index in [0.717, 1.165) is 12.0 Å². The molecule has 4 heteroatoms. The molecule has 0 radical (unpaired) electrons. The Morgan fingerprint density at radius 3 is 2.63 bits per heavy atom. The van der Waals surface area contributed by atoms with Gasteiger partial charge >= 0.3 is 0 Å². The number of nitrogens with one attached hydrogen (secondary N) is 1. The summed E-state index contributed by atoms with van der Waals surface area (Å²) >= 11 is 0. The molecule has 1 aromatic heterocycles. The van der Waals surface area contributed by atoms with Crippen LogP contribution in [0.15, 0.2) is 41.1 Å². The average molecular weight is 258 g/mol. The highest BCUT2D eigenvalue weighted by atomic mass is 16.3. The number of hydrogen-bond donors (Lipinski definition) is 1. The highest BCUT2D eigenvalue weighted by molar-refractivity contribution is 5.97. The maximum atomic E-state index is 12.2. The molecule has 0 aliphatic heterocycles. The largest absolute Gasteiger partial charge is 0.443 e. The normalized spacial score (nSPS) is 11.3. The molecule has 0 aliphatic rings. The Morgan fingerprint density at radius 1 is 1.32 bits per heavy atom. The molecule has 0 bridgehead atoms. The first-order chi connectivity index (χ1) is 9.03. The van der Waals surface area contributed by atoms with E-state index in [1.165, 1.54) is 6.39 Å². The van der Waals surface area contributed by atoms with Crippen molar-refractivity contribution < 1.29 is 9.21 Å². The van der Waals surface area contributed by atoms with E-state index in [1.54, 1.807) is 0 Å². The van der Waals surface area contributed by atoms with Crippen LogP contribution >= 0.6 is 0 Å². The molecule has 0 unspecified atom stereocenters. The van der Waals surface area contributed by atoms with Crippen molar-refractivity contribution in [3.05, 3.63) is 42.4 Å². The third-order valence-corrected chi connectivity index (χ3v) is 3.15. The molecule has 0 fully saturated rings. The summed E-state index contributed by atoms with van der Waals surface area (Å²) < 4.78 is 5.35. The Balaban J connectivity index is 2.28. The molecule has 1 amide bonds. The van der Waals surface area contributed by atoms with E-state index < -0.39 is 0 Å². The van der Waals surface area contributed by atoms with Crippen molar-refractivity contribution in [3.8, 4) is 11.3 Å². The van der Waals surface area contributed by atoms with Crippen LogP contribution in [0.4, 0.5) is 0 Å². The fraction of sp³-hybridized carbons (Fsp3) is 0.333. The van der Waals surface area contributed by atoms with E-state index in [0.29, 0.717) is 11.5 Å². The fourth-order valence-electron chi connectivity index (χ4n) is 1.66. The van der Waals surface area contributed by atoms with Crippen LogP contribution in [0, 0.1) is 0 Å². The van der Waals surface area contributed by atoms with Crippen molar-refractivity contribution in [2.75, 3.05) is 0 Å². The Bertz CT molecular complexity index is 559. The topological polar surface area (TPSA) is 55.1 Å². The van der Waals surface area contributed by atoms with Crippen molar-refractivity contribution in [2.45, 2.75) is 32.7 Å². The molecule has 19 heavy (non-hydrogen) atoms. The summed E-state index contributed by atoms with van der Waals surface area (Å²) in [5, 5.41) is 2.96. The van der Waals surface area contributed by atoms with E-state index in [2.05, 4.69) is 10.3 Å². The minimum Gasteiger partial charge on any atom is -0.443 e. The number of benzene rings is 1. The monoisotopic (exact) mass is 258 g/mol. The number of nitrogens with zero attached hydrogens (tertiary/aromatic N) is 1. The van der Waals surface area contributed by atoms with Crippen LogP contribution in [-0.4, -0.2) is 16.4 Å². The molecule has 0 aliphatic carbocycles. The lowest BCUT2D eigenvalue weighted by atomic mass is 10.0. The van der Waals surface area contributed by atoms with Gasteiger partial charge in [-0.1, -0.05) is 37.3 Å². The summed E-state index contributed by atoms with van der Waals surface area (Å²) in [5.74, 6) is 0.296. The van der Waals surface area contributed by atoms with Gasteiger partial charge in [-0.25, -0.2) is 4.98 Å². The standard InChI is InChI=1S/C15H18N2O2/c1-4-15(2,3)17-14(18)12-13(19-10-16-12)11-8-6-5-7-9-11/h5-10H,4H2,1-3H3,(H,17,18). The summed E-state index contributed by atoms with van der Waals surface area (Å²) in [7, 11) is 0. The molecule has 0 saturated carbocycles. The number of amides is 1. The van der Waals surface area contributed by atoms with Crippen molar-refractivity contribution in [2.24, 2.45) is 0 Å². The molecule has 1 heterocycles. The number of aromatic nitrogens is 1. The second-order valence-electron chi connectivity index (χ2n) is 5.09. The van der Waals surface area contributed by atoms with E-state index >= 15 is 0 Å². The van der Waals surface area contributed by atoms with Crippen molar-refractivity contribution in [3.63, 3.8) is 0 Å². The van der Waals surface area contributed by atoms with Gasteiger partial charge in [-0.2, -0.15) is 0 Å². The molecular formula is C15H18N2O2. The van der Waals surface area contributed by atoms with Crippen molar-refractivity contribution in [1.29, 1.82) is 0 Å². The second kappa shape index (κ2) is 5.26. The van der Waals surface area contributed by atoms with Crippen LogP contribution in [0.2, 0.25) is 0 Å². The van der Waals surface area contributed by atoms with Gasteiger partial charge in [0.25, 0.3) is 5.91 Å². The highest BCUT2D eigenvalue weighted by Crippen LogP contribution is 2.23. The zero-order valence-corrected chi connectivity index (χ0v) is 11.4. The molecule has 4 nitrogen and oxygen atoms in total. The lowest BCUT2D eigenvalue weighted by Gasteiger charge is -2.23. The van der Waals surface area contributed by atoms with Crippen LogP contribution in [0.1, 0.15) is 37.7 Å². The zero-order chi connectivity index (χ0) is 13.9. The summed E-state index contributed by atoms with van der Waals surface area (Å²) in [5.41, 5.74) is 0.913. The molecule has 0 saturated heterocycles. The quantitative estimate of drug-likeness (QED) is 0.915. The number of carbonyl (C=O) groups excluding carboxylic acids is 1. The summed E-state index contributed by atoms with van der Waals surface area (Å²) in [6.45, 7) is 5.99. The van der Waals surface area contributed by atoms with E-state index in [1.807, 2.05) is 51.1 Å². The summed E-state index contributed by atoms with van der Waals surface area (Å²) in [6, 6.07) is 9.50. The predicted molar refractivity (Wildman–Crippen MR) is 73.8 cm³/mol. The third kappa shape index (κ3) is 3.02. The van der Waals surface area contributed by atoms with Gasteiger partial charge in [-0.15, -0.1) is 0 Å². The van der Waals surface area contributed by atoms with Crippen LogP contribution in [0.5, 0.6) is 0 Å². The lowest BCUT2D eigenvalue weighted by Crippen LogP contribution is -2.43. The van der Waals surface area contributed by atoms with Gasteiger partial charge in [0.2, 0.25) is 0 Å². The first kappa shape index (κ1) is 13.3. The Hall–Kier alpha value is -2.10. The van der Waals surface area contributed by atoms with Crippen LogP contribution in [0.25, 0.3) is 11.3 Å². The molecule has 2 rings (SSSR count). The van der Waals surface area contributed by atoms with Crippen LogP contribution in [0.3, 0.4) is 0 Å². The van der Waals surface area contributed by atoms with E-state index in [9.17, 15) is 4.79 Å². The summed E-state index contributed by atoms with van der Waals surface area (Å²) in [4.78, 5) is 16.3. The van der Waals surface area contributed by atoms with Crippen LogP contribution < -0.4 is 5.32 Å². The average Bonchev–Trinajstić information content (AvgIpc) is 2.88. The van der Waals surface area contributed by atoms with Gasteiger partial charge in [0.15, 0.2) is 17.8 Å². The second-order valence-corrected chi connectivity index (χ2v) is 5.09. The molecular weight excluding hydrogens is 240 g/mol. The SMILES string of the molecule is CCC(C)(C)NC(=O)c1ncoc1-c1ccccc1. The minimum atomic E-state index is -0.260. The van der Waals surface area contributed by atoms with Crippen LogP contribution in [-0.2, 0) is 0 Å². The van der Waals surface area contributed by atoms with E-state index in [4.69, 9.17) is 4.42 Å². The van der Waals surface area contributed by atoms with Gasteiger partial charge in [-0.05, 0) is 20.3 Å². The lowest BCUT2D eigenvalue weighted by molar-refractivity contribution is 0.0907. The number of rotatable bonds is 4. The Labute approximate surface area is 112 Å². The minimum absolute atomic E-state index is 0.209. The van der Waals surface area contributed by atoms with Gasteiger partial charge in [-0.3, -0.25) is 4.79 Å².